The molecule has 0 aliphatic carbocycles. The number of aliphatic hydroxyl groups is 1. The lowest BCUT2D eigenvalue weighted by Gasteiger charge is -2.22. The van der Waals surface area contributed by atoms with E-state index in [1.54, 1.807) is 60.9 Å². The predicted molar refractivity (Wildman–Crippen MR) is 138 cm³/mol. The first-order valence-corrected chi connectivity index (χ1v) is 12.8. The summed E-state index contributed by atoms with van der Waals surface area (Å²) in [7, 11) is 1.53. The first-order chi connectivity index (χ1) is 18.0. The first kappa shape index (κ1) is 24.6. The summed E-state index contributed by atoms with van der Waals surface area (Å²) in [5.74, 6) is -1.15. The fourth-order valence-electron chi connectivity index (χ4n) is 3.88. The number of carbonyl (C=O) groups excluding carboxylic acids is 2. The molecule has 0 spiro atoms. The number of halogens is 1. The van der Waals surface area contributed by atoms with E-state index in [1.165, 1.54) is 35.9 Å². The van der Waals surface area contributed by atoms with Crippen LogP contribution in [-0.4, -0.2) is 39.1 Å². The fourth-order valence-corrected chi connectivity index (χ4v) is 5.70. The number of ketones is 1. The van der Waals surface area contributed by atoms with Crippen LogP contribution in [-0.2, 0) is 15.3 Å². The van der Waals surface area contributed by atoms with Gasteiger partial charge in [0.25, 0.3) is 5.78 Å². The van der Waals surface area contributed by atoms with Crippen molar-refractivity contribution in [3.63, 3.8) is 0 Å². The van der Waals surface area contributed by atoms with Gasteiger partial charge in [-0.05, 0) is 59.7 Å². The summed E-state index contributed by atoms with van der Waals surface area (Å²) in [4.78, 5) is 31.8. The van der Waals surface area contributed by atoms with Crippen molar-refractivity contribution in [2.24, 2.45) is 0 Å². The van der Waals surface area contributed by atoms with Crippen LogP contribution in [0.4, 0.5) is 9.52 Å². The fraction of sp³-hybridized carbons (Fsp3) is 0.115. The van der Waals surface area contributed by atoms with E-state index in [4.69, 9.17) is 4.74 Å². The molecule has 37 heavy (non-hydrogen) atoms. The predicted octanol–water partition coefficient (Wildman–Crippen LogP) is 5.00. The summed E-state index contributed by atoms with van der Waals surface area (Å²) in [6.45, 7) is 0. The Balaban J connectivity index is 1.51. The Morgan fingerprint density at radius 1 is 1.05 bits per heavy atom. The minimum Gasteiger partial charge on any atom is -0.507 e. The van der Waals surface area contributed by atoms with Gasteiger partial charge >= 0.3 is 5.91 Å². The number of amides is 1. The molecule has 0 radical (unpaired) electrons. The van der Waals surface area contributed by atoms with Crippen molar-refractivity contribution >= 4 is 45.7 Å². The van der Waals surface area contributed by atoms with Gasteiger partial charge in [0.05, 0.1) is 18.7 Å². The Morgan fingerprint density at radius 3 is 2.43 bits per heavy atom. The average Bonchev–Trinajstić information content (AvgIpc) is 3.50. The number of pyridine rings is 1. The molecule has 1 N–H and O–H groups in total. The van der Waals surface area contributed by atoms with Crippen molar-refractivity contribution in [1.82, 2.24) is 15.2 Å². The van der Waals surface area contributed by atoms with Crippen LogP contribution in [0.2, 0.25) is 0 Å². The highest BCUT2D eigenvalue weighted by Crippen LogP contribution is 2.44. The van der Waals surface area contributed by atoms with Crippen LogP contribution >= 0.6 is 23.1 Å². The third-order valence-corrected chi connectivity index (χ3v) is 7.83. The van der Waals surface area contributed by atoms with Crippen molar-refractivity contribution in [1.29, 1.82) is 0 Å². The zero-order valence-corrected chi connectivity index (χ0v) is 21.0. The third kappa shape index (κ3) is 4.95. The van der Waals surface area contributed by atoms with E-state index in [-0.39, 0.29) is 22.3 Å². The van der Waals surface area contributed by atoms with Crippen LogP contribution in [0, 0.1) is 5.82 Å². The number of hydrogen-bond donors (Lipinski definition) is 1. The van der Waals surface area contributed by atoms with Gasteiger partial charge in [0.1, 0.15) is 17.3 Å². The second kappa shape index (κ2) is 10.5. The number of Topliss-reactive ketones (excluding diaryl/α,β-unsaturated/α-hetero) is 1. The van der Waals surface area contributed by atoms with Gasteiger partial charge in [0.2, 0.25) is 5.13 Å². The second-order valence-electron chi connectivity index (χ2n) is 7.94. The summed E-state index contributed by atoms with van der Waals surface area (Å²) in [6, 6.07) is 15.1. The molecule has 1 amide bonds. The maximum absolute atomic E-state index is 13.2. The Morgan fingerprint density at radius 2 is 1.76 bits per heavy atom. The lowest BCUT2D eigenvalue weighted by atomic mass is 9.96. The molecule has 1 aliphatic heterocycles. The molecule has 2 aromatic carbocycles. The lowest BCUT2D eigenvalue weighted by molar-refractivity contribution is -0.132. The summed E-state index contributed by atoms with van der Waals surface area (Å²) in [5.41, 5.74) is 1.79. The SMILES string of the molecule is COc1ccc(/C(O)=C2/C(=O)C(=O)N(c3nnc(SCc4ccc(F)cc4)s3)C2c2ccncc2)cc1. The van der Waals surface area contributed by atoms with Crippen molar-refractivity contribution in [3.8, 4) is 5.75 Å². The van der Waals surface area contributed by atoms with E-state index < -0.39 is 17.7 Å². The van der Waals surface area contributed by atoms with Gasteiger partial charge in [-0.15, -0.1) is 10.2 Å². The average molecular weight is 535 g/mol. The Hall–Kier alpha value is -4.09. The summed E-state index contributed by atoms with van der Waals surface area (Å²) < 4.78 is 18.9. The highest BCUT2D eigenvalue weighted by molar-refractivity contribution is 8.00. The maximum atomic E-state index is 13.2. The van der Waals surface area contributed by atoms with Crippen molar-refractivity contribution in [2.45, 2.75) is 16.1 Å². The molecule has 2 aromatic heterocycles. The van der Waals surface area contributed by atoms with Crippen LogP contribution in [0.25, 0.3) is 5.76 Å². The highest BCUT2D eigenvalue weighted by Gasteiger charge is 2.48. The lowest BCUT2D eigenvalue weighted by Crippen LogP contribution is -2.29. The normalized spacial score (nSPS) is 16.8. The molecule has 0 saturated carbocycles. The van der Waals surface area contributed by atoms with E-state index in [0.717, 1.165) is 16.9 Å². The number of rotatable bonds is 7. The van der Waals surface area contributed by atoms with Gasteiger partial charge < -0.3 is 9.84 Å². The molecule has 186 valence electrons. The molecule has 1 saturated heterocycles. The number of carbonyl (C=O) groups is 2. The number of aromatic nitrogens is 3. The van der Waals surface area contributed by atoms with Crippen molar-refractivity contribution in [2.75, 3.05) is 12.0 Å². The molecule has 1 atom stereocenters. The van der Waals surface area contributed by atoms with E-state index in [2.05, 4.69) is 15.2 Å². The topological polar surface area (TPSA) is 106 Å². The van der Waals surface area contributed by atoms with Crippen LogP contribution in [0.15, 0.2) is 83.0 Å². The molecule has 11 heteroatoms. The van der Waals surface area contributed by atoms with Crippen molar-refractivity contribution < 1.29 is 23.8 Å². The van der Waals surface area contributed by atoms with Gasteiger partial charge in [-0.2, -0.15) is 0 Å². The molecule has 3 heterocycles. The van der Waals surface area contributed by atoms with E-state index in [1.807, 2.05) is 0 Å². The van der Waals surface area contributed by atoms with Crippen LogP contribution < -0.4 is 9.64 Å². The molecule has 1 fully saturated rings. The molecular weight excluding hydrogens is 515 g/mol. The number of methoxy groups -OCH3 is 1. The molecule has 8 nitrogen and oxygen atoms in total. The number of aliphatic hydroxyl groups excluding tert-OH is 1. The van der Waals surface area contributed by atoms with E-state index >= 15 is 0 Å². The van der Waals surface area contributed by atoms with E-state index in [9.17, 15) is 19.1 Å². The molecule has 1 unspecified atom stereocenters. The van der Waals surface area contributed by atoms with Crippen LogP contribution in [0.5, 0.6) is 5.75 Å². The molecule has 5 rings (SSSR count). The van der Waals surface area contributed by atoms with Crippen molar-refractivity contribution in [3.05, 3.63) is 101 Å². The molecule has 0 bridgehead atoms. The first-order valence-electron chi connectivity index (χ1n) is 11.0. The Bertz CT molecular complexity index is 1470. The number of nitrogens with zero attached hydrogens (tertiary/aromatic N) is 4. The third-order valence-electron chi connectivity index (χ3n) is 5.71. The van der Waals surface area contributed by atoms with Crippen LogP contribution in [0.3, 0.4) is 0 Å². The summed E-state index contributed by atoms with van der Waals surface area (Å²) in [5, 5.41) is 19.7. The monoisotopic (exact) mass is 534 g/mol. The summed E-state index contributed by atoms with van der Waals surface area (Å²) in [6.07, 6.45) is 3.10. The summed E-state index contributed by atoms with van der Waals surface area (Å²) >= 11 is 2.54. The quantitative estimate of drug-likeness (QED) is 0.116. The maximum Gasteiger partial charge on any atom is 0.301 e. The van der Waals surface area contributed by atoms with Crippen LogP contribution in [0.1, 0.15) is 22.7 Å². The largest absolute Gasteiger partial charge is 0.507 e. The highest BCUT2D eigenvalue weighted by atomic mass is 32.2. The standard InChI is InChI=1S/C26H19FN4O4S2/c1-35-19-8-4-17(5-9-19)22(32)20-21(16-10-12-28-13-11-16)31(24(34)23(20)33)25-29-30-26(37-25)36-14-15-2-6-18(27)7-3-15/h2-13,21,32H,14H2,1H3/b22-20-. The zero-order valence-electron chi connectivity index (χ0n) is 19.4. The van der Waals surface area contributed by atoms with Gasteiger partial charge in [-0.1, -0.05) is 35.2 Å². The number of ether oxygens (including phenoxy) is 1. The Labute approximate surface area is 219 Å². The van der Waals surface area contributed by atoms with Gasteiger partial charge in [-0.25, -0.2) is 4.39 Å². The zero-order chi connectivity index (χ0) is 25.9. The minimum absolute atomic E-state index is 0.0583. The molecule has 4 aromatic rings. The molecular formula is C26H19FN4O4S2. The second-order valence-corrected chi connectivity index (χ2v) is 10.1. The minimum atomic E-state index is -0.923. The smallest absolute Gasteiger partial charge is 0.301 e. The number of hydrogen-bond acceptors (Lipinski definition) is 9. The number of benzene rings is 2. The number of thioether (sulfide) groups is 1. The van der Waals surface area contributed by atoms with E-state index in [0.29, 0.717) is 27.0 Å². The van der Waals surface area contributed by atoms with Gasteiger partial charge in [-0.3, -0.25) is 19.5 Å². The molecule has 1 aliphatic rings. The number of anilines is 1. The van der Waals surface area contributed by atoms with Gasteiger partial charge in [0, 0.05) is 23.7 Å². The van der Waals surface area contributed by atoms with Gasteiger partial charge in [0.15, 0.2) is 4.34 Å². The Kier molecular flexibility index (Phi) is 6.97.